The first-order chi connectivity index (χ1) is 9.47. The van der Waals surface area contributed by atoms with E-state index in [9.17, 15) is 14.9 Å². The molecule has 0 aliphatic carbocycles. The predicted octanol–water partition coefficient (Wildman–Crippen LogP) is 1.47. The number of amides is 1. The highest BCUT2D eigenvalue weighted by Gasteiger charge is 2.22. The molecule has 1 aromatic rings. The van der Waals surface area contributed by atoms with E-state index in [1.165, 1.54) is 18.2 Å². The molecule has 7 nitrogen and oxygen atoms in total. The number of ether oxygens (including phenoxy) is 1. The number of carbonyl (C=O) groups excluding carboxylic acids is 1. The number of hydrogen-bond acceptors (Lipinski definition) is 5. The van der Waals surface area contributed by atoms with Crippen molar-refractivity contribution in [3.8, 4) is 0 Å². The average Bonchev–Trinajstić information content (AvgIpc) is 2.38. The van der Waals surface area contributed by atoms with Crippen molar-refractivity contribution < 1.29 is 14.5 Å². The molecule has 1 fully saturated rings. The molecular formula is C13H17N3O4. The fourth-order valence-electron chi connectivity index (χ4n) is 2.26. The van der Waals surface area contributed by atoms with E-state index in [2.05, 4.69) is 5.32 Å². The van der Waals surface area contributed by atoms with Gasteiger partial charge in [0, 0.05) is 24.3 Å². The number of hydrogen-bond donors (Lipinski definition) is 2. The first-order valence-electron chi connectivity index (χ1n) is 6.43. The lowest BCUT2D eigenvalue weighted by Gasteiger charge is -2.27. The van der Waals surface area contributed by atoms with Crippen molar-refractivity contribution in [2.45, 2.75) is 31.9 Å². The van der Waals surface area contributed by atoms with Crippen LogP contribution in [0, 0.1) is 10.1 Å². The summed E-state index contributed by atoms with van der Waals surface area (Å²) >= 11 is 0. The largest absolute Gasteiger partial charge is 0.393 e. The van der Waals surface area contributed by atoms with Crippen LogP contribution in [0.25, 0.3) is 0 Å². The number of nitro benzene ring substituents is 1. The third kappa shape index (κ3) is 3.24. The molecule has 3 N–H and O–H groups in total. The first-order valence-corrected chi connectivity index (χ1v) is 6.43. The highest BCUT2D eigenvalue weighted by molar-refractivity contribution is 5.95. The lowest BCUT2D eigenvalue weighted by atomic mass is 10.0. The Morgan fingerprint density at radius 1 is 1.55 bits per heavy atom. The number of anilines is 1. The van der Waals surface area contributed by atoms with Crippen molar-refractivity contribution >= 4 is 17.3 Å². The van der Waals surface area contributed by atoms with Crippen LogP contribution in [0.1, 0.15) is 30.1 Å². The van der Waals surface area contributed by atoms with Crippen molar-refractivity contribution in [3.63, 3.8) is 0 Å². The molecule has 2 atom stereocenters. The van der Waals surface area contributed by atoms with E-state index in [0.717, 1.165) is 12.8 Å². The molecule has 1 aliphatic rings. The van der Waals surface area contributed by atoms with Gasteiger partial charge >= 0.3 is 0 Å². The number of nitrogens with zero attached hydrogens (tertiary/aromatic N) is 1. The summed E-state index contributed by atoms with van der Waals surface area (Å²) in [6.45, 7) is 2.58. The zero-order valence-corrected chi connectivity index (χ0v) is 11.2. The minimum atomic E-state index is -0.572. The third-order valence-corrected chi connectivity index (χ3v) is 3.31. The van der Waals surface area contributed by atoms with E-state index in [1.54, 1.807) is 0 Å². The monoisotopic (exact) mass is 279 g/mol. The van der Waals surface area contributed by atoms with E-state index in [-0.39, 0.29) is 29.4 Å². The molecule has 108 valence electrons. The van der Waals surface area contributed by atoms with Gasteiger partial charge in [0.25, 0.3) is 11.6 Å². The van der Waals surface area contributed by atoms with E-state index in [1.807, 2.05) is 6.92 Å². The zero-order valence-electron chi connectivity index (χ0n) is 11.2. The number of nitrogens with one attached hydrogen (secondary N) is 1. The van der Waals surface area contributed by atoms with Gasteiger partial charge in [-0.15, -0.1) is 0 Å². The number of benzene rings is 1. The van der Waals surface area contributed by atoms with Gasteiger partial charge in [-0.05, 0) is 31.9 Å². The molecule has 1 heterocycles. The van der Waals surface area contributed by atoms with Crippen molar-refractivity contribution in [2.24, 2.45) is 0 Å². The van der Waals surface area contributed by atoms with Gasteiger partial charge in [-0.2, -0.15) is 0 Å². The van der Waals surface area contributed by atoms with E-state index in [0.29, 0.717) is 12.2 Å². The summed E-state index contributed by atoms with van der Waals surface area (Å²) in [5, 5.41) is 13.6. The van der Waals surface area contributed by atoms with Crippen molar-refractivity contribution in [2.75, 3.05) is 12.3 Å². The average molecular weight is 279 g/mol. The Kier molecular flexibility index (Phi) is 4.19. The topological polar surface area (TPSA) is 107 Å². The SMILES string of the molecule is CC1CC(NC(=O)c2ccc([N+](=O)[O-])c(N)c2)CCO1. The second-order valence-corrected chi connectivity index (χ2v) is 4.91. The number of nitro groups is 1. The Labute approximate surface area is 116 Å². The normalized spacial score (nSPS) is 22.2. The molecule has 0 radical (unpaired) electrons. The standard InChI is InChI=1S/C13H17N3O4/c1-8-6-10(4-5-20-8)15-13(17)9-2-3-12(16(18)19)11(14)7-9/h2-3,7-8,10H,4-6,14H2,1H3,(H,15,17). The molecular weight excluding hydrogens is 262 g/mol. The number of carbonyl (C=O) groups is 1. The summed E-state index contributed by atoms with van der Waals surface area (Å²) in [7, 11) is 0. The summed E-state index contributed by atoms with van der Waals surface area (Å²) < 4.78 is 5.41. The van der Waals surface area contributed by atoms with Gasteiger partial charge in [-0.3, -0.25) is 14.9 Å². The third-order valence-electron chi connectivity index (χ3n) is 3.31. The first kappa shape index (κ1) is 14.3. The van der Waals surface area contributed by atoms with Crippen molar-refractivity contribution in [3.05, 3.63) is 33.9 Å². The molecule has 2 unspecified atom stereocenters. The number of nitrogens with two attached hydrogens (primary N) is 1. The van der Waals surface area contributed by atoms with E-state index < -0.39 is 4.92 Å². The highest BCUT2D eigenvalue weighted by atomic mass is 16.6. The molecule has 1 saturated heterocycles. The Bertz CT molecular complexity index is 532. The second kappa shape index (κ2) is 5.87. The van der Waals surface area contributed by atoms with Crippen LogP contribution in [-0.4, -0.2) is 29.6 Å². The highest BCUT2D eigenvalue weighted by Crippen LogP contribution is 2.22. The fraction of sp³-hybridized carbons (Fsp3) is 0.462. The molecule has 1 aliphatic heterocycles. The number of nitrogen functional groups attached to an aromatic ring is 1. The lowest BCUT2D eigenvalue weighted by Crippen LogP contribution is -2.41. The van der Waals surface area contributed by atoms with Gasteiger partial charge in [0.05, 0.1) is 11.0 Å². The van der Waals surface area contributed by atoms with Crippen molar-refractivity contribution in [1.82, 2.24) is 5.32 Å². The smallest absolute Gasteiger partial charge is 0.292 e. The molecule has 0 bridgehead atoms. The van der Waals surface area contributed by atoms with Crippen LogP contribution in [-0.2, 0) is 4.74 Å². The van der Waals surface area contributed by atoms with Crippen LogP contribution >= 0.6 is 0 Å². The summed E-state index contributed by atoms with van der Waals surface area (Å²) in [5.41, 5.74) is 5.70. The second-order valence-electron chi connectivity index (χ2n) is 4.91. The van der Waals surface area contributed by atoms with Crippen LogP contribution in [0.5, 0.6) is 0 Å². The zero-order chi connectivity index (χ0) is 14.7. The maximum Gasteiger partial charge on any atom is 0.292 e. The minimum Gasteiger partial charge on any atom is -0.393 e. The lowest BCUT2D eigenvalue weighted by molar-refractivity contribution is -0.383. The van der Waals surface area contributed by atoms with Gasteiger partial charge in [0.15, 0.2) is 0 Å². The van der Waals surface area contributed by atoms with Crippen LogP contribution in [0.2, 0.25) is 0 Å². The molecule has 0 spiro atoms. The molecule has 7 heteroatoms. The van der Waals surface area contributed by atoms with E-state index in [4.69, 9.17) is 10.5 Å². The van der Waals surface area contributed by atoms with Gasteiger partial charge in [0.1, 0.15) is 5.69 Å². The van der Waals surface area contributed by atoms with Gasteiger partial charge in [0.2, 0.25) is 0 Å². The molecule has 0 aromatic heterocycles. The Balaban J connectivity index is 2.05. The minimum absolute atomic E-state index is 0.0111. The predicted molar refractivity (Wildman–Crippen MR) is 73.4 cm³/mol. The van der Waals surface area contributed by atoms with Crippen LogP contribution < -0.4 is 11.1 Å². The summed E-state index contributed by atoms with van der Waals surface area (Å²) in [5.74, 6) is -0.273. The summed E-state index contributed by atoms with van der Waals surface area (Å²) in [4.78, 5) is 22.2. The van der Waals surface area contributed by atoms with Gasteiger partial charge in [-0.25, -0.2) is 0 Å². The van der Waals surface area contributed by atoms with Crippen LogP contribution in [0.4, 0.5) is 11.4 Å². The van der Waals surface area contributed by atoms with Gasteiger partial charge < -0.3 is 15.8 Å². The van der Waals surface area contributed by atoms with Crippen LogP contribution in [0.3, 0.4) is 0 Å². The molecule has 20 heavy (non-hydrogen) atoms. The maximum atomic E-state index is 12.1. The Hall–Kier alpha value is -2.15. The van der Waals surface area contributed by atoms with Crippen molar-refractivity contribution in [1.29, 1.82) is 0 Å². The summed E-state index contributed by atoms with van der Waals surface area (Å²) in [6, 6.07) is 4.04. The summed E-state index contributed by atoms with van der Waals surface area (Å²) in [6.07, 6.45) is 1.64. The Morgan fingerprint density at radius 3 is 2.90 bits per heavy atom. The Morgan fingerprint density at radius 2 is 2.30 bits per heavy atom. The van der Waals surface area contributed by atoms with E-state index >= 15 is 0 Å². The fourth-order valence-corrected chi connectivity index (χ4v) is 2.26. The maximum absolute atomic E-state index is 12.1. The molecule has 2 rings (SSSR count). The quantitative estimate of drug-likeness (QED) is 0.495. The van der Waals surface area contributed by atoms with Gasteiger partial charge in [-0.1, -0.05) is 0 Å². The molecule has 1 aromatic carbocycles. The number of rotatable bonds is 3. The molecule has 1 amide bonds. The van der Waals surface area contributed by atoms with Crippen LogP contribution in [0.15, 0.2) is 18.2 Å². The molecule has 0 saturated carbocycles.